The van der Waals surface area contributed by atoms with Crippen molar-refractivity contribution in [2.75, 3.05) is 0 Å². The maximum Gasteiger partial charge on any atom is 0.164 e. The fourth-order valence-corrected chi connectivity index (χ4v) is 1.94. The highest BCUT2D eigenvalue weighted by molar-refractivity contribution is 5.86. The maximum absolute atomic E-state index is 11.7. The van der Waals surface area contributed by atoms with E-state index in [0.717, 1.165) is 18.4 Å². The number of ketones is 1. The first kappa shape index (κ1) is 21.3. The number of hydrogen-bond donors (Lipinski definition) is 1. The van der Waals surface area contributed by atoms with Gasteiger partial charge >= 0.3 is 0 Å². The molecule has 0 aromatic heterocycles. The lowest BCUT2D eigenvalue weighted by Gasteiger charge is -2.15. The van der Waals surface area contributed by atoms with Crippen LogP contribution in [0.5, 0.6) is 0 Å². The molecule has 0 aliphatic carbocycles. The second-order valence-corrected chi connectivity index (χ2v) is 6.97. The molecule has 0 saturated carbocycles. The van der Waals surface area contributed by atoms with E-state index in [0.29, 0.717) is 12.8 Å². The summed E-state index contributed by atoms with van der Waals surface area (Å²) in [6.45, 7) is 11.2. The third kappa shape index (κ3) is 9.86. The van der Waals surface area contributed by atoms with Crippen LogP contribution in [0.1, 0.15) is 67.2 Å². The molecule has 0 aliphatic rings. The predicted octanol–water partition coefficient (Wildman–Crippen LogP) is 4.89. The van der Waals surface area contributed by atoms with Crippen LogP contribution in [0.2, 0.25) is 0 Å². The molecular weight excluding hydrogens is 286 g/mol. The standard InChI is InChI=1S/C20H31NO2/c1-15(2)18(14-21)12-10-16(3)8-7-9-17(4)11-13-19(22)20(5,6)23/h9-10,12,15,23H,7-8,11,13H2,1-6H3/b16-10+,17-9+,18-12+. The summed E-state index contributed by atoms with van der Waals surface area (Å²) < 4.78 is 0. The van der Waals surface area contributed by atoms with Crippen LogP contribution in [0.15, 0.2) is 34.9 Å². The average Bonchev–Trinajstić information content (AvgIpc) is 2.43. The van der Waals surface area contributed by atoms with Crippen LogP contribution in [-0.4, -0.2) is 16.5 Å². The smallest absolute Gasteiger partial charge is 0.164 e. The number of nitrogens with zero attached hydrogens (tertiary/aromatic N) is 1. The van der Waals surface area contributed by atoms with Gasteiger partial charge in [-0.25, -0.2) is 0 Å². The van der Waals surface area contributed by atoms with E-state index in [-0.39, 0.29) is 11.7 Å². The molecular formula is C20H31NO2. The molecule has 0 heterocycles. The maximum atomic E-state index is 11.7. The average molecular weight is 317 g/mol. The van der Waals surface area contributed by atoms with Gasteiger partial charge in [-0.2, -0.15) is 5.26 Å². The van der Waals surface area contributed by atoms with Crippen molar-refractivity contribution in [2.24, 2.45) is 5.92 Å². The fraction of sp³-hybridized carbons (Fsp3) is 0.600. The van der Waals surface area contributed by atoms with Gasteiger partial charge in [0.25, 0.3) is 0 Å². The van der Waals surface area contributed by atoms with Crippen molar-refractivity contribution in [2.45, 2.75) is 72.8 Å². The Bertz CT molecular complexity index is 523. The second kappa shape index (κ2) is 10.2. The van der Waals surface area contributed by atoms with Gasteiger partial charge in [0.1, 0.15) is 5.60 Å². The number of hydrogen-bond acceptors (Lipinski definition) is 3. The van der Waals surface area contributed by atoms with E-state index in [1.165, 1.54) is 25.0 Å². The lowest BCUT2D eigenvalue weighted by Crippen LogP contribution is -2.30. The minimum absolute atomic E-state index is 0.121. The number of nitriles is 1. The Kier molecular flexibility index (Phi) is 9.44. The van der Waals surface area contributed by atoms with Crippen molar-refractivity contribution < 1.29 is 9.90 Å². The Morgan fingerprint density at radius 2 is 1.74 bits per heavy atom. The summed E-state index contributed by atoms with van der Waals surface area (Å²) >= 11 is 0. The molecule has 0 rings (SSSR count). The molecule has 0 fully saturated rings. The lowest BCUT2D eigenvalue weighted by molar-refractivity contribution is -0.134. The van der Waals surface area contributed by atoms with Gasteiger partial charge in [0.05, 0.1) is 6.07 Å². The zero-order valence-corrected chi connectivity index (χ0v) is 15.4. The Morgan fingerprint density at radius 1 is 1.13 bits per heavy atom. The molecule has 3 heteroatoms. The molecule has 0 radical (unpaired) electrons. The van der Waals surface area contributed by atoms with Crippen molar-refractivity contribution in [1.29, 1.82) is 5.26 Å². The first-order valence-electron chi connectivity index (χ1n) is 8.26. The molecule has 3 nitrogen and oxygen atoms in total. The van der Waals surface area contributed by atoms with Crippen molar-refractivity contribution in [3.8, 4) is 6.07 Å². The van der Waals surface area contributed by atoms with E-state index in [4.69, 9.17) is 5.26 Å². The number of aliphatic hydroxyl groups is 1. The van der Waals surface area contributed by atoms with Gasteiger partial charge in [-0.1, -0.05) is 37.1 Å². The van der Waals surface area contributed by atoms with E-state index < -0.39 is 5.60 Å². The van der Waals surface area contributed by atoms with Crippen molar-refractivity contribution in [3.05, 3.63) is 34.9 Å². The molecule has 0 saturated heterocycles. The summed E-state index contributed by atoms with van der Waals surface area (Å²) in [6.07, 6.45) is 8.98. The molecule has 0 unspecified atom stereocenters. The van der Waals surface area contributed by atoms with Gasteiger partial charge in [0.15, 0.2) is 5.78 Å². The molecule has 0 aromatic rings. The topological polar surface area (TPSA) is 61.1 Å². The number of carbonyl (C=O) groups excluding carboxylic acids is 1. The summed E-state index contributed by atoms with van der Waals surface area (Å²) in [5.41, 5.74) is 1.96. The van der Waals surface area contributed by atoms with E-state index in [2.05, 4.69) is 19.1 Å². The van der Waals surface area contributed by atoms with Crippen LogP contribution in [0.4, 0.5) is 0 Å². The van der Waals surface area contributed by atoms with E-state index in [1.54, 1.807) is 0 Å². The Morgan fingerprint density at radius 3 is 2.22 bits per heavy atom. The van der Waals surface area contributed by atoms with Gasteiger partial charge in [-0.3, -0.25) is 4.79 Å². The molecule has 0 atom stereocenters. The van der Waals surface area contributed by atoms with E-state index >= 15 is 0 Å². The van der Waals surface area contributed by atoms with Gasteiger partial charge in [0.2, 0.25) is 0 Å². The molecule has 0 spiro atoms. The van der Waals surface area contributed by atoms with Crippen LogP contribution < -0.4 is 0 Å². The quantitative estimate of drug-likeness (QED) is 0.374. The minimum Gasteiger partial charge on any atom is -0.383 e. The highest BCUT2D eigenvalue weighted by Crippen LogP contribution is 2.15. The Labute approximate surface area is 141 Å². The lowest BCUT2D eigenvalue weighted by atomic mass is 9.97. The largest absolute Gasteiger partial charge is 0.383 e. The summed E-state index contributed by atoms with van der Waals surface area (Å²) in [6, 6.07) is 2.22. The fourth-order valence-electron chi connectivity index (χ4n) is 1.94. The molecule has 0 aliphatic heterocycles. The zero-order valence-electron chi connectivity index (χ0n) is 15.4. The first-order valence-corrected chi connectivity index (χ1v) is 8.26. The van der Waals surface area contributed by atoms with Crippen LogP contribution in [0, 0.1) is 17.2 Å². The summed E-state index contributed by atoms with van der Waals surface area (Å²) in [7, 11) is 0. The summed E-state index contributed by atoms with van der Waals surface area (Å²) in [5.74, 6) is 0.128. The monoisotopic (exact) mass is 317 g/mol. The van der Waals surface area contributed by atoms with Gasteiger partial charge < -0.3 is 5.11 Å². The molecule has 23 heavy (non-hydrogen) atoms. The van der Waals surface area contributed by atoms with Crippen molar-refractivity contribution >= 4 is 5.78 Å². The summed E-state index contributed by atoms with van der Waals surface area (Å²) in [4.78, 5) is 11.7. The van der Waals surface area contributed by atoms with E-state index in [9.17, 15) is 9.90 Å². The third-order valence-electron chi connectivity index (χ3n) is 3.76. The van der Waals surface area contributed by atoms with Crippen LogP contribution >= 0.6 is 0 Å². The van der Waals surface area contributed by atoms with Crippen LogP contribution in [0.25, 0.3) is 0 Å². The predicted molar refractivity (Wildman–Crippen MR) is 95.8 cm³/mol. The Hall–Kier alpha value is -1.66. The molecule has 0 aromatic carbocycles. The highest BCUT2D eigenvalue weighted by Gasteiger charge is 2.22. The molecule has 0 amide bonds. The zero-order chi connectivity index (χ0) is 18.0. The normalized spacial score (nSPS) is 14.1. The van der Waals surface area contributed by atoms with Gasteiger partial charge in [-0.15, -0.1) is 0 Å². The SMILES string of the molecule is C/C(=C\C=C(/C#N)C(C)C)CC/C=C(\C)CCC(=O)C(C)(C)O. The molecule has 128 valence electrons. The van der Waals surface area contributed by atoms with Crippen molar-refractivity contribution in [1.82, 2.24) is 0 Å². The minimum atomic E-state index is -1.24. The number of Topliss-reactive ketones (excluding diaryl/α,β-unsaturated/α-hetero) is 1. The highest BCUT2D eigenvalue weighted by atomic mass is 16.3. The molecule has 1 N–H and O–H groups in total. The first-order chi connectivity index (χ1) is 10.6. The van der Waals surface area contributed by atoms with Crippen molar-refractivity contribution in [3.63, 3.8) is 0 Å². The number of carbonyl (C=O) groups is 1. The van der Waals surface area contributed by atoms with Crippen LogP contribution in [-0.2, 0) is 4.79 Å². The number of rotatable bonds is 9. The van der Waals surface area contributed by atoms with Gasteiger partial charge in [0, 0.05) is 12.0 Å². The Balaban J connectivity index is 4.37. The second-order valence-electron chi connectivity index (χ2n) is 6.97. The van der Waals surface area contributed by atoms with Crippen LogP contribution in [0.3, 0.4) is 0 Å². The number of allylic oxidation sites excluding steroid dienone is 6. The third-order valence-corrected chi connectivity index (χ3v) is 3.76. The summed E-state index contributed by atoms with van der Waals surface area (Å²) in [5, 5.41) is 18.6. The molecule has 0 bridgehead atoms. The van der Waals surface area contributed by atoms with E-state index in [1.807, 2.05) is 32.9 Å². The van der Waals surface area contributed by atoms with Gasteiger partial charge in [-0.05, 0) is 59.0 Å².